The number of nitrogens with zero attached hydrogens (tertiary/aromatic N) is 4. The first-order valence-corrected chi connectivity index (χ1v) is 10.7. The third kappa shape index (κ3) is 3.69. The Morgan fingerprint density at radius 3 is 2.93 bits per heavy atom. The minimum Gasteiger partial charge on any atom is -0.376 e. The molecular formula is C21H26N4O2S. The molecule has 0 bridgehead atoms. The van der Waals surface area contributed by atoms with E-state index in [0.29, 0.717) is 18.2 Å². The number of carbonyl (C=O) groups is 1. The normalized spacial score (nSPS) is 16.9. The molecule has 1 aromatic carbocycles. The fraction of sp³-hybridized carbons (Fsp3) is 0.476. The zero-order valence-electron chi connectivity index (χ0n) is 16.6. The van der Waals surface area contributed by atoms with Gasteiger partial charge >= 0.3 is 0 Å². The molecule has 1 amide bonds. The van der Waals surface area contributed by atoms with Gasteiger partial charge in [-0.25, -0.2) is 4.98 Å². The van der Waals surface area contributed by atoms with E-state index in [1.807, 2.05) is 13.1 Å². The third-order valence-electron chi connectivity index (χ3n) is 5.13. The standard InChI is InChI=1S/C21H26N4O2S/c1-4-24-11-10-17(23-24)20(26)25(13-15-7-6-12-27-15)21-22-19-16(14(2)3)8-5-9-18(19)28-21/h5,8-11,14-15H,4,6-7,12-13H2,1-3H3/t15-/m0/s1. The highest BCUT2D eigenvalue weighted by molar-refractivity contribution is 7.22. The van der Waals surface area contributed by atoms with Crippen molar-refractivity contribution in [3.05, 3.63) is 41.7 Å². The Hall–Kier alpha value is -2.25. The van der Waals surface area contributed by atoms with Crippen LogP contribution in [0.1, 0.15) is 55.6 Å². The second-order valence-electron chi connectivity index (χ2n) is 7.45. The first-order valence-electron chi connectivity index (χ1n) is 9.93. The van der Waals surface area contributed by atoms with E-state index in [-0.39, 0.29) is 12.0 Å². The molecule has 1 atom stereocenters. The number of para-hydroxylation sites is 1. The Morgan fingerprint density at radius 1 is 1.39 bits per heavy atom. The zero-order chi connectivity index (χ0) is 19.7. The predicted octanol–water partition coefficient (Wildman–Crippen LogP) is 4.46. The third-order valence-corrected chi connectivity index (χ3v) is 6.17. The predicted molar refractivity (Wildman–Crippen MR) is 112 cm³/mol. The van der Waals surface area contributed by atoms with Gasteiger partial charge in [0.1, 0.15) is 0 Å². The number of hydrogen-bond donors (Lipinski definition) is 0. The quantitative estimate of drug-likeness (QED) is 0.615. The molecule has 28 heavy (non-hydrogen) atoms. The smallest absolute Gasteiger partial charge is 0.280 e. The summed E-state index contributed by atoms with van der Waals surface area (Å²) < 4.78 is 8.68. The average Bonchev–Trinajstić information content (AvgIpc) is 3.44. The molecule has 0 spiro atoms. The van der Waals surface area contributed by atoms with Gasteiger partial charge in [0.2, 0.25) is 0 Å². The molecule has 1 saturated heterocycles. The van der Waals surface area contributed by atoms with E-state index in [1.165, 1.54) is 5.56 Å². The van der Waals surface area contributed by atoms with Crippen molar-refractivity contribution in [2.24, 2.45) is 0 Å². The van der Waals surface area contributed by atoms with Gasteiger partial charge < -0.3 is 4.74 Å². The molecule has 1 aliphatic rings. The van der Waals surface area contributed by atoms with Crippen LogP contribution in [0.4, 0.5) is 5.13 Å². The Bertz CT molecular complexity index is 972. The molecule has 4 rings (SSSR count). The van der Waals surface area contributed by atoms with Crippen LogP contribution < -0.4 is 4.90 Å². The molecule has 0 aliphatic carbocycles. The van der Waals surface area contributed by atoms with Crippen LogP contribution in [0.5, 0.6) is 0 Å². The number of ether oxygens (including phenoxy) is 1. The Labute approximate surface area is 169 Å². The van der Waals surface area contributed by atoms with Crippen molar-refractivity contribution in [2.75, 3.05) is 18.1 Å². The second kappa shape index (κ2) is 8.01. The van der Waals surface area contributed by atoms with Crippen LogP contribution in [-0.2, 0) is 11.3 Å². The molecule has 0 unspecified atom stereocenters. The first-order chi connectivity index (χ1) is 13.6. The van der Waals surface area contributed by atoms with Gasteiger partial charge in [0.25, 0.3) is 5.91 Å². The van der Waals surface area contributed by atoms with Crippen LogP contribution in [-0.4, -0.2) is 39.9 Å². The van der Waals surface area contributed by atoms with Gasteiger partial charge in [0.15, 0.2) is 10.8 Å². The molecular weight excluding hydrogens is 372 g/mol. The molecule has 2 aromatic heterocycles. The van der Waals surface area contributed by atoms with E-state index in [9.17, 15) is 4.79 Å². The van der Waals surface area contributed by atoms with Crippen LogP contribution in [0, 0.1) is 0 Å². The first kappa shape index (κ1) is 19.1. The maximum absolute atomic E-state index is 13.3. The number of aromatic nitrogens is 3. The average molecular weight is 399 g/mol. The van der Waals surface area contributed by atoms with Crippen LogP contribution in [0.15, 0.2) is 30.5 Å². The maximum Gasteiger partial charge on any atom is 0.280 e. The SMILES string of the molecule is CCn1ccc(C(=O)N(C[C@@H]2CCCO2)c2nc3c(C(C)C)cccc3s2)n1. The summed E-state index contributed by atoms with van der Waals surface area (Å²) in [5.74, 6) is 0.258. The molecule has 3 heterocycles. The molecule has 6 nitrogen and oxygen atoms in total. The molecule has 0 N–H and O–H groups in total. The van der Waals surface area contributed by atoms with Gasteiger partial charge in [0, 0.05) is 19.3 Å². The number of hydrogen-bond acceptors (Lipinski definition) is 5. The maximum atomic E-state index is 13.3. The zero-order valence-corrected chi connectivity index (χ0v) is 17.4. The van der Waals surface area contributed by atoms with Gasteiger partial charge in [-0.1, -0.05) is 37.3 Å². The lowest BCUT2D eigenvalue weighted by molar-refractivity contribution is 0.0912. The summed E-state index contributed by atoms with van der Waals surface area (Å²) in [4.78, 5) is 20.0. The lowest BCUT2D eigenvalue weighted by Gasteiger charge is -2.22. The van der Waals surface area contributed by atoms with E-state index in [0.717, 1.165) is 41.3 Å². The van der Waals surface area contributed by atoms with E-state index in [4.69, 9.17) is 9.72 Å². The van der Waals surface area contributed by atoms with Gasteiger partial charge in [-0.15, -0.1) is 0 Å². The number of aryl methyl sites for hydroxylation is 1. The minimum atomic E-state index is -0.118. The number of carbonyl (C=O) groups excluding carboxylic acids is 1. The van der Waals surface area contributed by atoms with Crippen LogP contribution in [0.25, 0.3) is 10.2 Å². The summed E-state index contributed by atoms with van der Waals surface area (Å²) in [6.07, 6.45) is 3.89. The Balaban J connectivity index is 1.73. The van der Waals surface area contributed by atoms with Crippen LogP contribution in [0.3, 0.4) is 0 Å². The van der Waals surface area contributed by atoms with Crippen molar-refractivity contribution in [2.45, 2.75) is 52.2 Å². The summed E-state index contributed by atoms with van der Waals surface area (Å²) in [6, 6.07) is 8.03. The molecule has 0 radical (unpaired) electrons. The Morgan fingerprint density at radius 2 is 2.25 bits per heavy atom. The minimum absolute atomic E-state index is 0.0498. The van der Waals surface area contributed by atoms with Gasteiger partial charge in [-0.2, -0.15) is 5.10 Å². The summed E-state index contributed by atoms with van der Waals surface area (Å²) in [5.41, 5.74) is 2.64. The largest absolute Gasteiger partial charge is 0.376 e. The van der Waals surface area contributed by atoms with E-state index >= 15 is 0 Å². The van der Waals surface area contributed by atoms with Crippen molar-refractivity contribution in [1.29, 1.82) is 0 Å². The van der Waals surface area contributed by atoms with Crippen LogP contribution >= 0.6 is 11.3 Å². The molecule has 3 aromatic rings. The number of benzene rings is 1. The van der Waals surface area contributed by atoms with Crippen molar-refractivity contribution >= 4 is 32.6 Å². The van der Waals surface area contributed by atoms with Crippen molar-refractivity contribution in [1.82, 2.24) is 14.8 Å². The highest BCUT2D eigenvalue weighted by Gasteiger charge is 2.28. The van der Waals surface area contributed by atoms with E-state index in [1.54, 1.807) is 27.0 Å². The highest BCUT2D eigenvalue weighted by Crippen LogP contribution is 2.34. The molecule has 148 valence electrons. The number of fused-ring (bicyclic) bond motifs is 1. The van der Waals surface area contributed by atoms with Gasteiger partial charge in [-0.05, 0) is 43.4 Å². The fourth-order valence-corrected chi connectivity index (χ4v) is 4.58. The van der Waals surface area contributed by atoms with Crippen molar-refractivity contribution in [3.8, 4) is 0 Å². The topological polar surface area (TPSA) is 60.2 Å². The summed E-state index contributed by atoms with van der Waals surface area (Å²) >= 11 is 1.56. The van der Waals surface area contributed by atoms with Gasteiger partial charge in [0.05, 0.1) is 22.9 Å². The molecule has 7 heteroatoms. The lowest BCUT2D eigenvalue weighted by Crippen LogP contribution is -2.37. The number of amides is 1. The summed E-state index contributed by atoms with van der Waals surface area (Å²) in [5, 5.41) is 5.13. The van der Waals surface area contributed by atoms with Gasteiger partial charge in [-0.3, -0.25) is 14.4 Å². The van der Waals surface area contributed by atoms with Crippen LogP contribution in [0.2, 0.25) is 0 Å². The molecule has 1 aliphatic heterocycles. The number of thiazole rings is 1. The monoisotopic (exact) mass is 398 g/mol. The summed E-state index contributed by atoms with van der Waals surface area (Å²) in [7, 11) is 0. The Kier molecular flexibility index (Phi) is 5.46. The fourth-order valence-electron chi connectivity index (χ4n) is 3.57. The van der Waals surface area contributed by atoms with Crippen molar-refractivity contribution in [3.63, 3.8) is 0 Å². The molecule has 0 saturated carbocycles. The second-order valence-corrected chi connectivity index (χ2v) is 8.46. The highest BCUT2D eigenvalue weighted by atomic mass is 32.1. The number of rotatable bonds is 6. The molecule has 1 fully saturated rings. The lowest BCUT2D eigenvalue weighted by atomic mass is 10.0. The van der Waals surface area contributed by atoms with E-state index in [2.05, 4.69) is 37.1 Å². The van der Waals surface area contributed by atoms with E-state index < -0.39 is 0 Å². The van der Waals surface area contributed by atoms with Crippen molar-refractivity contribution < 1.29 is 9.53 Å². The number of anilines is 1. The summed E-state index contributed by atoms with van der Waals surface area (Å²) in [6.45, 7) is 8.34.